The zero-order valence-corrected chi connectivity index (χ0v) is 16.2. The molecule has 1 saturated heterocycles. The van der Waals surface area contributed by atoms with Crippen LogP contribution in [0.3, 0.4) is 0 Å². The molecule has 0 spiro atoms. The fraction of sp³-hybridized carbons (Fsp3) is 0.316. The molecule has 0 saturated carbocycles. The van der Waals surface area contributed by atoms with Crippen molar-refractivity contribution in [2.45, 2.75) is 23.6 Å². The van der Waals surface area contributed by atoms with Crippen LogP contribution in [0.1, 0.15) is 13.3 Å². The maximum Gasteiger partial charge on any atom is 0.252 e. The first-order chi connectivity index (χ1) is 12.4. The third kappa shape index (κ3) is 3.90. The van der Waals surface area contributed by atoms with E-state index in [-0.39, 0.29) is 17.9 Å². The number of hydrogen-bond donors (Lipinski definition) is 1. The molecule has 1 aliphatic rings. The molecule has 0 aliphatic carbocycles. The van der Waals surface area contributed by atoms with Crippen molar-refractivity contribution in [2.75, 3.05) is 13.1 Å². The van der Waals surface area contributed by atoms with E-state index in [1.54, 1.807) is 6.07 Å². The van der Waals surface area contributed by atoms with Crippen molar-refractivity contribution < 1.29 is 13.2 Å². The van der Waals surface area contributed by atoms with Crippen LogP contribution in [0.5, 0.6) is 0 Å². The Morgan fingerprint density at radius 2 is 2.00 bits per heavy atom. The van der Waals surface area contributed by atoms with Gasteiger partial charge in [-0.25, -0.2) is 8.42 Å². The summed E-state index contributed by atoms with van der Waals surface area (Å²) in [6, 6.07) is 13.3. The van der Waals surface area contributed by atoms with Gasteiger partial charge in [-0.2, -0.15) is 4.31 Å². The van der Waals surface area contributed by atoms with E-state index in [2.05, 4.69) is 11.9 Å². The van der Waals surface area contributed by atoms with E-state index >= 15 is 0 Å². The second kappa shape index (κ2) is 7.73. The highest BCUT2D eigenvalue weighted by Gasteiger charge is 2.34. The van der Waals surface area contributed by atoms with E-state index in [9.17, 15) is 13.2 Å². The highest BCUT2D eigenvalue weighted by molar-refractivity contribution is 7.91. The maximum absolute atomic E-state index is 13.0. The van der Waals surface area contributed by atoms with Crippen LogP contribution in [0.4, 0.5) is 0 Å². The molecule has 0 radical (unpaired) electrons. The van der Waals surface area contributed by atoms with Crippen LogP contribution in [0.15, 0.2) is 59.3 Å². The smallest absolute Gasteiger partial charge is 0.252 e. The molecule has 138 valence electrons. The summed E-state index contributed by atoms with van der Waals surface area (Å²) in [6.45, 7) is 6.20. The third-order valence-electron chi connectivity index (χ3n) is 4.61. The molecule has 1 N–H and O–H groups in total. The molecule has 7 heteroatoms. The van der Waals surface area contributed by atoms with Gasteiger partial charge in [0, 0.05) is 24.0 Å². The van der Waals surface area contributed by atoms with Crippen molar-refractivity contribution in [1.82, 2.24) is 9.62 Å². The van der Waals surface area contributed by atoms with Gasteiger partial charge in [0.05, 0.1) is 0 Å². The van der Waals surface area contributed by atoms with Crippen LogP contribution in [-0.2, 0) is 14.8 Å². The van der Waals surface area contributed by atoms with E-state index < -0.39 is 10.0 Å². The van der Waals surface area contributed by atoms with Gasteiger partial charge in [0.2, 0.25) is 5.91 Å². The Bertz CT molecular complexity index is 891. The molecule has 5 nitrogen and oxygen atoms in total. The zero-order chi connectivity index (χ0) is 18.7. The van der Waals surface area contributed by atoms with Gasteiger partial charge in [-0.05, 0) is 36.1 Å². The molecule has 1 fully saturated rings. The Balaban J connectivity index is 1.74. The first-order valence-electron chi connectivity index (χ1n) is 8.50. The van der Waals surface area contributed by atoms with Gasteiger partial charge in [-0.3, -0.25) is 4.79 Å². The summed E-state index contributed by atoms with van der Waals surface area (Å²) in [5.74, 6) is -0.181. The molecule has 2 aromatic rings. The van der Waals surface area contributed by atoms with Gasteiger partial charge in [-0.1, -0.05) is 43.8 Å². The van der Waals surface area contributed by atoms with Crippen molar-refractivity contribution in [2.24, 2.45) is 5.92 Å². The summed E-state index contributed by atoms with van der Waals surface area (Å²) in [6.07, 6.45) is 1.84. The SMILES string of the molecule is C=CC(=O)NC1CCN(S(=O)(=O)c2ccc(-c3ccccc3)s2)CC1C. The van der Waals surface area contributed by atoms with E-state index in [0.717, 1.165) is 10.4 Å². The quantitative estimate of drug-likeness (QED) is 0.798. The number of carbonyl (C=O) groups excluding carboxylic acids is 1. The summed E-state index contributed by atoms with van der Waals surface area (Å²) >= 11 is 1.29. The summed E-state index contributed by atoms with van der Waals surface area (Å²) in [5, 5.41) is 2.88. The van der Waals surface area contributed by atoms with Crippen LogP contribution in [0.25, 0.3) is 10.4 Å². The van der Waals surface area contributed by atoms with E-state index in [1.807, 2.05) is 43.3 Å². The fourth-order valence-corrected chi connectivity index (χ4v) is 6.15. The number of nitrogens with one attached hydrogen (secondary N) is 1. The number of hydrogen-bond acceptors (Lipinski definition) is 4. The second-order valence-electron chi connectivity index (χ2n) is 6.43. The third-order valence-corrected chi connectivity index (χ3v) is 8.08. The molecule has 3 rings (SSSR count). The van der Waals surface area contributed by atoms with Crippen LogP contribution >= 0.6 is 11.3 Å². The molecular weight excluding hydrogens is 368 g/mol. The summed E-state index contributed by atoms with van der Waals surface area (Å²) in [4.78, 5) is 12.4. The summed E-state index contributed by atoms with van der Waals surface area (Å²) in [7, 11) is -3.52. The lowest BCUT2D eigenvalue weighted by Gasteiger charge is -2.36. The van der Waals surface area contributed by atoms with Crippen molar-refractivity contribution >= 4 is 27.3 Å². The number of sulfonamides is 1. The van der Waals surface area contributed by atoms with E-state index in [1.165, 1.54) is 21.7 Å². The average Bonchev–Trinajstić information content (AvgIpc) is 3.15. The Labute approximate surface area is 158 Å². The summed E-state index contributed by atoms with van der Waals surface area (Å²) in [5.41, 5.74) is 1.01. The first kappa shape index (κ1) is 18.8. The minimum Gasteiger partial charge on any atom is -0.349 e. The number of thiophene rings is 1. The lowest BCUT2D eigenvalue weighted by molar-refractivity contribution is -0.117. The molecule has 1 aliphatic heterocycles. The first-order valence-corrected chi connectivity index (χ1v) is 10.8. The molecule has 1 aromatic heterocycles. The predicted octanol–water partition coefficient (Wildman–Crippen LogP) is 3.12. The van der Waals surface area contributed by atoms with Crippen molar-refractivity contribution in [3.63, 3.8) is 0 Å². The molecule has 2 heterocycles. The molecule has 0 bridgehead atoms. The van der Waals surface area contributed by atoms with Crippen LogP contribution < -0.4 is 5.32 Å². The number of rotatable bonds is 5. The Hall–Kier alpha value is -1.96. The number of piperidine rings is 1. The molecule has 26 heavy (non-hydrogen) atoms. The fourth-order valence-electron chi connectivity index (χ4n) is 3.13. The molecule has 1 amide bonds. The van der Waals surface area contributed by atoms with Gasteiger partial charge in [0.1, 0.15) is 4.21 Å². The maximum atomic E-state index is 13.0. The minimum atomic E-state index is -3.52. The Morgan fingerprint density at radius 1 is 1.27 bits per heavy atom. The molecule has 1 aromatic carbocycles. The van der Waals surface area contributed by atoms with E-state index in [0.29, 0.717) is 23.7 Å². The van der Waals surface area contributed by atoms with Crippen molar-refractivity contribution in [3.05, 3.63) is 55.1 Å². The van der Waals surface area contributed by atoms with Crippen molar-refractivity contribution in [1.29, 1.82) is 0 Å². The van der Waals surface area contributed by atoms with Gasteiger partial charge in [0.25, 0.3) is 10.0 Å². The van der Waals surface area contributed by atoms with Crippen molar-refractivity contribution in [3.8, 4) is 10.4 Å². The highest BCUT2D eigenvalue weighted by atomic mass is 32.2. The lowest BCUT2D eigenvalue weighted by Crippen LogP contribution is -2.51. The zero-order valence-electron chi connectivity index (χ0n) is 14.6. The van der Waals surface area contributed by atoms with E-state index in [4.69, 9.17) is 0 Å². The van der Waals surface area contributed by atoms with Gasteiger partial charge in [0.15, 0.2) is 0 Å². The normalized spacial score (nSPS) is 21.3. The Morgan fingerprint density at radius 3 is 2.65 bits per heavy atom. The van der Waals surface area contributed by atoms with Crippen LogP contribution in [-0.4, -0.2) is 37.8 Å². The van der Waals surface area contributed by atoms with Crippen LogP contribution in [0, 0.1) is 5.92 Å². The topological polar surface area (TPSA) is 66.5 Å². The van der Waals surface area contributed by atoms with Gasteiger partial charge in [-0.15, -0.1) is 11.3 Å². The van der Waals surface area contributed by atoms with Crippen LogP contribution in [0.2, 0.25) is 0 Å². The average molecular weight is 391 g/mol. The van der Waals surface area contributed by atoms with Gasteiger partial charge < -0.3 is 5.32 Å². The lowest BCUT2D eigenvalue weighted by atomic mass is 9.95. The number of nitrogens with zero attached hydrogens (tertiary/aromatic N) is 1. The predicted molar refractivity (Wildman–Crippen MR) is 104 cm³/mol. The number of amides is 1. The second-order valence-corrected chi connectivity index (χ2v) is 9.68. The Kier molecular flexibility index (Phi) is 5.60. The number of carbonyl (C=O) groups is 1. The summed E-state index contributed by atoms with van der Waals surface area (Å²) < 4.78 is 27.9. The minimum absolute atomic E-state index is 0.0323. The monoisotopic (exact) mass is 390 g/mol. The highest BCUT2D eigenvalue weighted by Crippen LogP contribution is 2.33. The largest absolute Gasteiger partial charge is 0.349 e. The van der Waals surface area contributed by atoms with Gasteiger partial charge >= 0.3 is 0 Å². The molecular formula is C19H22N2O3S2. The molecule has 2 atom stereocenters. The standard InChI is InChI=1S/C19H22N2O3S2/c1-3-18(22)20-16-11-12-21(13-14(16)2)26(23,24)19-10-9-17(25-19)15-7-5-4-6-8-15/h3-10,14,16H,1,11-13H2,2H3,(H,20,22). The molecule has 2 unspecified atom stereocenters. The number of benzene rings is 1.